The summed E-state index contributed by atoms with van der Waals surface area (Å²) in [5.74, 6) is -0.588. The highest BCUT2D eigenvalue weighted by atomic mass is 16.7. The van der Waals surface area contributed by atoms with Gasteiger partial charge >= 0.3 is 6.09 Å². The zero-order chi connectivity index (χ0) is 21.3. The molecule has 2 aromatic rings. The van der Waals surface area contributed by atoms with Gasteiger partial charge < -0.3 is 24.9 Å². The van der Waals surface area contributed by atoms with Crippen LogP contribution in [0.3, 0.4) is 0 Å². The summed E-state index contributed by atoms with van der Waals surface area (Å²) in [7, 11) is 0. The lowest BCUT2D eigenvalue weighted by molar-refractivity contribution is 0.0554. The van der Waals surface area contributed by atoms with Gasteiger partial charge in [-0.25, -0.2) is 4.79 Å². The number of piperazine rings is 1. The van der Waals surface area contributed by atoms with Crippen LogP contribution < -0.4 is 4.84 Å². The third kappa shape index (κ3) is 3.93. The Hall–Kier alpha value is -3.20. The first-order valence-corrected chi connectivity index (χ1v) is 10.1. The van der Waals surface area contributed by atoms with E-state index in [-0.39, 0.29) is 17.7 Å². The topological polar surface area (TPSA) is 98.5 Å². The monoisotopic (exact) mass is 414 g/mol. The second kappa shape index (κ2) is 8.27. The average Bonchev–Trinajstić information content (AvgIpc) is 3.00. The molecule has 0 aliphatic carbocycles. The molecular formula is C21H26N4O5. The van der Waals surface area contributed by atoms with Crippen molar-refractivity contribution in [3.63, 3.8) is 0 Å². The summed E-state index contributed by atoms with van der Waals surface area (Å²) >= 11 is 0. The molecule has 30 heavy (non-hydrogen) atoms. The molecule has 2 aliphatic rings. The highest BCUT2D eigenvalue weighted by Crippen LogP contribution is 2.21. The van der Waals surface area contributed by atoms with E-state index in [1.165, 1.54) is 17.0 Å². The van der Waals surface area contributed by atoms with Crippen LogP contribution in [0.5, 0.6) is 11.8 Å². The molecular weight excluding hydrogens is 388 g/mol. The first-order valence-electron chi connectivity index (χ1n) is 10.1. The van der Waals surface area contributed by atoms with Crippen molar-refractivity contribution in [2.45, 2.75) is 19.9 Å². The molecule has 160 valence electrons. The summed E-state index contributed by atoms with van der Waals surface area (Å²) in [6.07, 6.45) is 0.440. The largest absolute Gasteiger partial charge is 0.492 e. The molecule has 1 aromatic carbocycles. The number of nitrogens with zero attached hydrogens (tertiary/aromatic N) is 4. The van der Waals surface area contributed by atoms with Gasteiger partial charge in [0.15, 0.2) is 0 Å². The van der Waals surface area contributed by atoms with Crippen molar-refractivity contribution in [3.8, 4) is 11.8 Å². The zero-order valence-corrected chi connectivity index (χ0v) is 17.0. The van der Waals surface area contributed by atoms with Gasteiger partial charge in [0.25, 0.3) is 5.91 Å². The lowest BCUT2D eigenvalue weighted by Gasteiger charge is -2.34. The van der Waals surface area contributed by atoms with E-state index in [0.717, 1.165) is 36.2 Å². The molecule has 9 heteroatoms. The quantitative estimate of drug-likeness (QED) is 0.785. The first kappa shape index (κ1) is 20.1. The van der Waals surface area contributed by atoms with Gasteiger partial charge in [-0.2, -0.15) is 0 Å². The molecule has 1 aromatic heterocycles. The maximum Gasteiger partial charge on any atom is 0.434 e. The third-order valence-corrected chi connectivity index (χ3v) is 5.81. The fourth-order valence-electron chi connectivity index (χ4n) is 3.74. The Morgan fingerprint density at radius 3 is 2.20 bits per heavy atom. The maximum absolute atomic E-state index is 12.6. The SMILES string of the molecule is Cc1c(CN2CCN(C(=O)On3c(O)ccc3O)CC2)cccc1C(=O)N1CCC1. The van der Waals surface area contributed by atoms with E-state index in [1.54, 1.807) is 0 Å². The van der Waals surface area contributed by atoms with Crippen molar-refractivity contribution in [3.05, 3.63) is 47.0 Å². The first-order chi connectivity index (χ1) is 14.4. The molecule has 9 nitrogen and oxygen atoms in total. The van der Waals surface area contributed by atoms with Crippen molar-refractivity contribution >= 4 is 12.0 Å². The van der Waals surface area contributed by atoms with Crippen LogP contribution in [0.1, 0.15) is 27.9 Å². The minimum absolute atomic E-state index is 0.102. The minimum atomic E-state index is -0.630. The van der Waals surface area contributed by atoms with Gasteiger partial charge in [0.1, 0.15) is 0 Å². The highest BCUT2D eigenvalue weighted by Gasteiger charge is 2.26. The molecule has 0 bridgehead atoms. The van der Waals surface area contributed by atoms with Crippen LogP contribution in [0, 0.1) is 6.92 Å². The Kier molecular flexibility index (Phi) is 5.54. The number of aromatic hydroxyl groups is 2. The fourth-order valence-corrected chi connectivity index (χ4v) is 3.74. The van der Waals surface area contributed by atoms with Gasteiger partial charge in [-0.3, -0.25) is 9.69 Å². The van der Waals surface area contributed by atoms with Gasteiger partial charge in [-0.05, 0) is 30.5 Å². The van der Waals surface area contributed by atoms with Crippen LogP contribution in [0.2, 0.25) is 0 Å². The number of hydrogen-bond acceptors (Lipinski definition) is 6. The summed E-state index contributed by atoms with van der Waals surface area (Å²) in [5, 5.41) is 19.2. The summed E-state index contributed by atoms with van der Waals surface area (Å²) < 4.78 is 0.693. The smallest absolute Gasteiger partial charge is 0.434 e. The predicted octanol–water partition coefficient (Wildman–Crippen LogP) is 1.42. The highest BCUT2D eigenvalue weighted by molar-refractivity contribution is 5.96. The number of carbonyl (C=O) groups is 2. The number of amides is 2. The molecule has 0 saturated carbocycles. The van der Waals surface area contributed by atoms with Crippen LogP contribution in [-0.4, -0.2) is 80.9 Å². The lowest BCUT2D eigenvalue weighted by atomic mass is 9.99. The number of rotatable bonds is 4. The molecule has 0 radical (unpaired) electrons. The zero-order valence-electron chi connectivity index (χ0n) is 17.0. The Balaban J connectivity index is 1.34. The van der Waals surface area contributed by atoms with E-state index in [9.17, 15) is 19.8 Å². The maximum atomic E-state index is 12.6. The molecule has 4 rings (SSSR count). The molecule has 2 saturated heterocycles. The molecule has 2 N–H and O–H groups in total. The second-order valence-corrected chi connectivity index (χ2v) is 7.70. The van der Waals surface area contributed by atoms with E-state index in [0.29, 0.717) is 37.5 Å². The normalized spacial score (nSPS) is 17.0. The van der Waals surface area contributed by atoms with Gasteiger partial charge in [-0.1, -0.05) is 12.1 Å². The minimum Gasteiger partial charge on any atom is -0.492 e. The van der Waals surface area contributed by atoms with Crippen LogP contribution in [0.4, 0.5) is 4.79 Å². The average molecular weight is 414 g/mol. The van der Waals surface area contributed by atoms with Gasteiger partial charge in [-0.15, -0.1) is 4.73 Å². The Bertz CT molecular complexity index is 925. The number of hydrogen-bond donors (Lipinski definition) is 2. The standard InChI is InChI=1S/C21H26N4O5/c1-15-16(4-2-5-17(15)20(28)23-8-3-9-23)14-22-10-12-24(13-11-22)21(29)30-25-18(26)6-7-19(25)27/h2,4-7,26-27H,3,8-14H2,1H3. The van der Waals surface area contributed by atoms with E-state index < -0.39 is 6.09 Å². The third-order valence-electron chi connectivity index (χ3n) is 5.81. The van der Waals surface area contributed by atoms with Crippen LogP contribution >= 0.6 is 0 Å². The molecule has 0 atom stereocenters. The van der Waals surface area contributed by atoms with Crippen molar-refractivity contribution in [2.75, 3.05) is 39.3 Å². The van der Waals surface area contributed by atoms with Crippen LogP contribution in [0.15, 0.2) is 30.3 Å². The molecule has 0 spiro atoms. The molecule has 3 heterocycles. The van der Waals surface area contributed by atoms with Gasteiger partial charge in [0.2, 0.25) is 11.8 Å². The van der Waals surface area contributed by atoms with E-state index in [1.807, 2.05) is 30.0 Å². The second-order valence-electron chi connectivity index (χ2n) is 7.70. The Labute approximate surface area is 174 Å². The van der Waals surface area contributed by atoms with Gasteiger partial charge in [0.05, 0.1) is 0 Å². The Morgan fingerprint density at radius 2 is 1.60 bits per heavy atom. The predicted molar refractivity (Wildman–Crippen MR) is 108 cm³/mol. The number of likely N-dealkylation sites (tertiary alicyclic amines) is 1. The number of benzene rings is 1. The molecule has 2 aliphatic heterocycles. The summed E-state index contributed by atoms with van der Waals surface area (Å²) in [4.78, 5) is 35.6. The van der Waals surface area contributed by atoms with Crippen molar-refractivity contribution in [2.24, 2.45) is 0 Å². The fraction of sp³-hybridized carbons (Fsp3) is 0.429. The molecule has 2 amide bonds. The van der Waals surface area contributed by atoms with Gasteiger partial charge in [0, 0.05) is 63.5 Å². The molecule has 0 unspecified atom stereocenters. The van der Waals surface area contributed by atoms with Crippen molar-refractivity contribution in [1.82, 2.24) is 19.4 Å². The van der Waals surface area contributed by atoms with E-state index >= 15 is 0 Å². The van der Waals surface area contributed by atoms with Crippen LogP contribution in [0.25, 0.3) is 0 Å². The van der Waals surface area contributed by atoms with Crippen molar-refractivity contribution < 1.29 is 24.6 Å². The summed E-state index contributed by atoms with van der Waals surface area (Å²) in [6.45, 7) is 6.60. The van der Waals surface area contributed by atoms with E-state index in [4.69, 9.17) is 4.84 Å². The van der Waals surface area contributed by atoms with Crippen LogP contribution in [-0.2, 0) is 6.54 Å². The Morgan fingerprint density at radius 1 is 0.933 bits per heavy atom. The molecule has 2 fully saturated rings. The van der Waals surface area contributed by atoms with Crippen molar-refractivity contribution in [1.29, 1.82) is 0 Å². The number of aromatic nitrogens is 1. The summed E-state index contributed by atoms with van der Waals surface area (Å²) in [5.41, 5.74) is 2.88. The number of carbonyl (C=O) groups excluding carboxylic acids is 2. The summed E-state index contributed by atoms with van der Waals surface area (Å²) in [6, 6.07) is 8.34. The lowest BCUT2D eigenvalue weighted by Crippen LogP contribution is -2.50. The van der Waals surface area contributed by atoms with E-state index in [2.05, 4.69) is 4.90 Å².